The second-order valence-corrected chi connectivity index (χ2v) is 5.05. The van der Waals surface area contributed by atoms with Crippen LogP contribution in [0.1, 0.15) is 19.8 Å². The zero-order valence-corrected chi connectivity index (χ0v) is 11.2. The Morgan fingerprint density at radius 3 is 2.55 bits per heavy atom. The van der Waals surface area contributed by atoms with Gasteiger partial charge in [0.2, 0.25) is 0 Å². The van der Waals surface area contributed by atoms with E-state index in [4.69, 9.17) is 0 Å². The molecular weight excluding hydrogens is 263 g/mol. The minimum atomic E-state index is -0.864. The highest BCUT2D eigenvalue weighted by molar-refractivity contribution is 5.90. The van der Waals surface area contributed by atoms with Gasteiger partial charge in [0.15, 0.2) is 0 Å². The van der Waals surface area contributed by atoms with Gasteiger partial charge in [0.25, 0.3) is 0 Å². The Bertz CT molecular complexity index is 518. The van der Waals surface area contributed by atoms with Gasteiger partial charge in [-0.15, -0.1) is 0 Å². The number of carbonyl (C=O) groups excluding carboxylic acids is 1. The monoisotopic (exact) mass is 280 g/mol. The fraction of sp³-hybridized carbons (Fsp3) is 0.429. The number of anilines is 1. The van der Waals surface area contributed by atoms with Crippen LogP contribution >= 0.6 is 0 Å². The van der Waals surface area contributed by atoms with E-state index in [1.54, 1.807) is 0 Å². The minimum absolute atomic E-state index is 0.200. The molecule has 1 aliphatic heterocycles. The molecule has 1 atom stereocenters. The Kier molecular flexibility index (Phi) is 3.92. The Morgan fingerprint density at radius 1 is 1.40 bits per heavy atom. The van der Waals surface area contributed by atoms with Crippen LogP contribution in [-0.4, -0.2) is 35.1 Å². The van der Waals surface area contributed by atoms with Crippen molar-refractivity contribution < 1.29 is 19.1 Å². The number of nitrogens with zero attached hydrogens (tertiary/aromatic N) is 1. The van der Waals surface area contributed by atoms with Crippen LogP contribution in [0, 0.1) is 11.2 Å². The lowest BCUT2D eigenvalue weighted by Crippen LogP contribution is -2.38. The van der Waals surface area contributed by atoms with Crippen LogP contribution in [0.4, 0.5) is 14.9 Å². The summed E-state index contributed by atoms with van der Waals surface area (Å²) in [5.41, 5.74) is -0.360. The van der Waals surface area contributed by atoms with E-state index < -0.39 is 11.4 Å². The van der Waals surface area contributed by atoms with Gasteiger partial charge in [-0.3, -0.25) is 4.79 Å². The van der Waals surface area contributed by atoms with Crippen molar-refractivity contribution in [2.45, 2.75) is 19.8 Å². The predicted molar refractivity (Wildman–Crippen MR) is 72.0 cm³/mol. The van der Waals surface area contributed by atoms with E-state index >= 15 is 0 Å². The third kappa shape index (κ3) is 2.74. The Morgan fingerprint density at radius 2 is 2.05 bits per heavy atom. The number of carboxylic acids is 1. The molecule has 2 amide bonds. The smallest absolute Gasteiger partial charge is 0.321 e. The first kappa shape index (κ1) is 14.3. The summed E-state index contributed by atoms with van der Waals surface area (Å²) in [6.07, 6.45) is 0.943. The molecule has 0 spiro atoms. The number of halogens is 1. The molecule has 1 saturated heterocycles. The van der Waals surface area contributed by atoms with E-state index in [0.29, 0.717) is 25.1 Å². The highest BCUT2D eigenvalue weighted by Crippen LogP contribution is 2.34. The molecule has 108 valence electrons. The molecule has 1 unspecified atom stereocenters. The molecule has 1 aromatic carbocycles. The van der Waals surface area contributed by atoms with Crippen molar-refractivity contribution in [2.24, 2.45) is 5.41 Å². The summed E-state index contributed by atoms with van der Waals surface area (Å²) in [6.45, 7) is 2.43. The number of urea groups is 1. The van der Waals surface area contributed by atoms with Crippen molar-refractivity contribution in [3.8, 4) is 0 Å². The molecule has 1 fully saturated rings. The van der Waals surface area contributed by atoms with Gasteiger partial charge in [-0.2, -0.15) is 0 Å². The van der Waals surface area contributed by atoms with Gasteiger partial charge in [-0.1, -0.05) is 6.92 Å². The number of hydrogen-bond donors (Lipinski definition) is 2. The maximum atomic E-state index is 12.8. The molecule has 0 aromatic heterocycles. The number of aliphatic carboxylic acids is 1. The van der Waals surface area contributed by atoms with E-state index in [0.717, 1.165) is 0 Å². The van der Waals surface area contributed by atoms with Gasteiger partial charge < -0.3 is 15.3 Å². The lowest BCUT2D eigenvalue weighted by atomic mass is 9.84. The summed E-state index contributed by atoms with van der Waals surface area (Å²) in [5, 5.41) is 11.9. The largest absolute Gasteiger partial charge is 0.481 e. The lowest BCUT2D eigenvalue weighted by molar-refractivity contribution is -0.148. The molecule has 0 bridgehead atoms. The van der Waals surface area contributed by atoms with Gasteiger partial charge in [0.05, 0.1) is 5.41 Å². The zero-order valence-electron chi connectivity index (χ0n) is 11.2. The number of rotatable bonds is 3. The number of nitrogens with one attached hydrogen (secondary N) is 1. The molecule has 0 aliphatic carbocycles. The molecule has 2 rings (SSSR count). The van der Waals surface area contributed by atoms with Gasteiger partial charge in [0, 0.05) is 18.8 Å². The maximum Gasteiger partial charge on any atom is 0.321 e. The third-order valence-corrected chi connectivity index (χ3v) is 3.87. The standard InChI is InChI=1S/C14H17FN2O3/c1-2-14(12(18)19)7-8-17(9-14)13(20)16-11-5-3-10(15)4-6-11/h3-6H,2,7-9H2,1H3,(H,16,20)(H,18,19). The highest BCUT2D eigenvalue weighted by atomic mass is 19.1. The molecule has 6 heteroatoms. The van der Waals surface area contributed by atoms with Gasteiger partial charge in [-0.05, 0) is 37.1 Å². The summed E-state index contributed by atoms with van der Waals surface area (Å²) in [4.78, 5) is 24.9. The second-order valence-electron chi connectivity index (χ2n) is 5.05. The van der Waals surface area contributed by atoms with Gasteiger partial charge in [-0.25, -0.2) is 9.18 Å². The molecule has 0 saturated carbocycles. The molecule has 2 N–H and O–H groups in total. The summed E-state index contributed by atoms with van der Waals surface area (Å²) in [5.74, 6) is -1.24. The predicted octanol–water partition coefficient (Wildman–Crippen LogP) is 2.54. The van der Waals surface area contributed by atoms with E-state index in [2.05, 4.69) is 5.32 Å². The first-order valence-corrected chi connectivity index (χ1v) is 6.52. The Labute approximate surface area is 116 Å². The van der Waals surface area contributed by atoms with Crippen molar-refractivity contribution >= 4 is 17.7 Å². The minimum Gasteiger partial charge on any atom is -0.481 e. The van der Waals surface area contributed by atoms with E-state index in [9.17, 15) is 19.1 Å². The maximum absolute atomic E-state index is 12.8. The average molecular weight is 280 g/mol. The molecule has 20 heavy (non-hydrogen) atoms. The van der Waals surface area contributed by atoms with Gasteiger partial charge in [0.1, 0.15) is 5.82 Å². The summed E-state index contributed by atoms with van der Waals surface area (Å²) in [6, 6.07) is 5.09. The number of likely N-dealkylation sites (tertiary alicyclic amines) is 1. The van der Waals surface area contributed by atoms with Crippen LogP contribution in [0.15, 0.2) is 24.3 Å². The first-order chi connectivity index (χ1) is 9.47. The van der Waals surface area contributed by atoms with Gasteiger partial charge >= 0.3 is 12.0 Å². The number of amides is 2. The van der Waals surface area contributed by atoms with Crippen molar-refractivity contribution in [2.75, 3.05) is 18.4 Å². The number of benzene rings is 1. The van der Waals surface area contributed by atoms with E-state index in [-0.39, 0.29) is 18.4 Å². The topological polar surface area (TPSA) is 69.6 Å². The molecular formula is C14H17FN2O3. The van der Waals surface area contributed by atoms with Crippen LogP contribution < -0.4 is 5.32 Å². The third-order valence-electron chi connectivity index (χ3n) is 3.87. The normalized spacial score (nSPS) is 21.8. The quantitative estimate of drug-likeness (QED) is 0.894. The fourth-order valence-corrected chi connectivity index (χ4v) is 2.40. The van der Waals surface area contributed by atoms with Crippen molar-refractivity contribution in [1.29, 1.82) is 0 Å². The molecule has 1 heterocycles. The average Bonchev–Trinajstić information content (AvgIpc) is 2.87. The molecule has 1 aromatic rings. The zero-order chi connectivity index (χ0) is 14.8. The highest BCUT2D eigenvalue weighted by Gasteiger charge is 2.44. The second kappa shape index (κ2) is 5.48. The van der Waals surface area contributed by atoms with Crippen LogP contribution in [0.2, 0.25) is 0 Å². The van der Waals surface area contributed by atoms with Crippen LogP contribution in [0.3, 0.4) is 0 Å². The van der Waals surface area contributed by atoms with Crippen molar-refractivity contribution in [3.63, 3.8) is 0 Å². The van der Waals surface area contributed by atoms with Crippen LogP contribution in [0.5, 0.6) is 0 Å². The SMILES string of the molecule is CCC1(C(=O)O)CCN(C(=O)Nc2ccc(F)cc2)C1. The lowest BCUT2D eigenvalue weighted by Gasteiger charge is -2.23. The summed E-state index contributed by atoms with van der Waals surface area (Å²) >= 11 is 0. The van der Waals surface area contributed by atoms with Crippen LogP contribution in [-0.2, 0) is 4.79 Å². The molecule has 5 nitrogen and oxygen atoms in total. The van der Waals surface area contributed by atoms with E-state index in [1.807, 2.05) is 6.92 Å². The number of carbonyl (C=O) groups is 2. The number of hydrogen-bond acceptors (Lipinski definition) is 2. The van der Waals surface area contributed by atoms with Crippen LogP contribution in [0.25, 0.3) is 0 Å². The van der Waals surface area contributed by atoms with Crippen molar-refractivity contribution in [1.82, 2.24) is 4.90 Å². The first-order valence-electron chi connectivity index (χ1n) is 6.52. The Balaban J connectivity index is 2.01. The molecule has 0 radical (unpaired) electrons. The summed E-state index contributed by atoms with van der Waals surface area (Å²) < 4.78 is 12.8. The van der Waals surface area contributed by atoms with Crippen molar-refractivity contribution in [3.05, 3.63) is 30.1 Å². The Hall–Kier alpha value is -2.11. The van der Waals surface area contributed by atoms with E-state index in [1.165, 1.54) is 29.2 Å². The number of carboxylic acid groups (broad SMARTS) is 1. The fourth-order valence-electron chi connectivity index (χ4n) is 2.40. The summed E-state index contributed by atoms with van der Waals surface area (Å²) in [7, 11) is 0. The molecule has 1 aliphatic rings.